The number of nitrogens with zero attached hydrogens (tertiary/aromatic N) is 1. The molecule has 0 bridgehead atoms. The maximum atomic E-state index is 13.1. The number of anilines is 1. The number of carbonyl (C=O) groups excluding carboxylic acids is 1. The highest BCUT2D eigenvalue weighted by Crippen LogP contribution is 2.29. The molecule has 0 aliphatic carbocycles. The number of hydrogen-bond acceptors (Lipinski definition) is 2. The highest BCUT2D eigenvalue weighted by molar-refractivity contribution is 5.97. The third-order valence-corrected chi connectivity index (χ3v) is 4.84. The molecule has 0 radical (unpaired) electrons. The summed E-state index contributed by atoms with van der Waals surface area (Å²) in [4.78, 5) is 15.2. The van der Waals surface area contributed by atoms with E-state index in [2.05, 4.69) is 23.2 Å². The minimum Gasteiger partial charge on any atom is -0.385 e. The van der Waals surface area contributed by atoms with Gasteiger partial charge in [0.15, 0.2) is 0 Å². The molecule has 3 nitrogen and oxygen atoms in total. The van der Waals surface area contributed by atoms with Crippen LogP contribution in [0, 0.1) is 0 Å². The zero-order valence-electron chi connectivity index (χ0n) is 13.4. The molecule has 1 unspecified atom stereocenters. The average molecular weight is 323 g/mol. The van der Waals surface area contributed by atoms with Gasteiger partial charge in [-0.3, -0.25) is 4.79 Å². The van der Waals surface area contributed by atoms with Crippen LogP contribution in [0.3, 0.4) is 0 Å². The Hall–Kier alpha value is -1.22. The topological polar surface area (TPSA) is 32.3 Å². The monoisotopic (exact) mass is 322 g/mol. The lowest BCUT2D eigenvalue weighted by Crippen LogP contribution is -2.44. The Bertz CT molecular complexity index is 516. The summed E-state index contributed by atoms with van der Waals surface area (Å²) < 4.78 is 0. The standard InChI is InChI=1S/C18H26N2O.ClH/c1-2-7-14-8-3-4-13-20(14)18(21)16-9-5-11-17-15(16)10-6-12-19-17;/h5,9,11,14,19H,2-4,6-8,10,12-13H2,1H3;1H. The summed E-state index contributed by atoms with van der Waals surface area (Å²) in [6.45, 7) is 4.17. The van der Waals surface area contributed by atoms with Gasteiger partial charge in [0, 0.05) is 30.4 Å². The number of benzene rings is 1. The van der Waals surface area contributed by atoms with Gasteiger partial charge in [0.2, 0.25) is 0 Å². The summed E-state index contributed by atoms with van der Waals surface area (Å²) in [6, 6.07) is 6.59. The van der Waals surface area contributed by atoms with Crippen LogP contribution in [0.4, 0.5) is 5.69 Å². The Balaban J connectivity index is 0.00000176. The van der Waals surface area contributed by atoms with E-state index >= 15 is 0 Å². The molecule has 1 aromatic carbocycles. The average Bonchev–Trinajstić information content (AvgIpc) is 2.54. The molecule has 4 heteroatoms. The molecule has 1 saturated heterocycles. The van der Waals surface area contributed by atoms with Crippen LogP contribution in [0.2, 0.25) is 0 Å². The molecule has 1 N–H and O–H groups in total. The van der Waals surface area contributed by atoms with Gasteiger partial charge in [-0.05, 0) is 56.2 Å². The second-order valence-electron chi connectivity index (χ2n) is 6.30. The summed E-state index contributed by atoms with van der Waals surface area (Å²) in [5.74, 6) is 0.258. The molecule has 0 spiro atoms. The van der Waals surface area contributed by atoms with E-state index in [9.17, 15) is 4.79 Å². The summed E-state index contributed by atoms with van der Waals surface area (Å²) in [6.07, 6.45) is 8.03. The second-order valence-corrected chi connectivity index (χ2v) is 6.30. The largest absolute Gasteiger partial charge is 0.385 e. The Morgan fingerprint density at radius 2 is 2.18 bits per heavy atom. The highest BCUT2D eigenvalue weighted by Gasteiger charge is 2.28. The third kappa shape index (κ3) is 3.40. The van der Waals surface area contributed by atoms with Gasteiger partial charge in [0.05, 0.1) is 0 Å². The molecule has 2 heterocycles. The summed E-state index contributed by atoms with van der Waals surface area (Å²) in [7, 11) is 0. The zero-order chi connectivity index (χ0) is 14.7. The molecule has 1 atom stereocenters. The highest BCUT2D eigenvalue weighted by atomic mass is 35.5. The first-order chi connectivity index (χ1) is 10.3. The number of carbonyl (C=O) groups is 1. The van der Waals surface area contributed by atoms with Gasteiger partial charge in [0.25, 0.3) is 5.91 Å². The van der Waals surface area contributed by atoms with Crippen LogP contribution in [0.1, 0.15) is 61.4 Å². The fourth-order valence-electron chi connectivity index (χ4n) is 3.77. The summed E-state index contributed by atoms with van der Waals surface area (Å²) >= 11 is 0. The fraction of sp³-hybridized carbons (Fsp3) is 0.611. The number of rotatable bonds is 3. The molecular weight excluding hydrogens is 296 g/mol. The lowest BCUT2D eigenvalue weighted by molar-refractivity contribution is 0.0599. The van der Waals surface area contributed by atoms with Crippen molar-refractivity contribution in [3.63, 3.8) is 0 Å². The number of piperidine rings is 1. The van der Waals surface area contributed by atoms with E-state index in [-0.39, 0.29) is 18.3 Å². The summed E-state index contributed by atoms with van der Waals surface area (Å²) in [5.41, 5.74) is 3.33. The van der Waals surface area contributed by atoms with Crippen molar-refractivity contribution in [2.75, 3.05) is 18.4 Å². The predicted molar refractivity (Wildman–Crippen MR) is 94.1 cm³/mol. The van der Waals surface area contributed by atoms with Crippen LogP contribution < -0.4 is 5.32 Å². The normalized spacial score (nSPS) is 20.6. The first-order valence-corrected chi connectivity index (χ1v) is 8.48. The van der Waals surface area contributed by atoms with Crippen molar-refractivity contribution in [1.29, 1.82) is 0 Å². The second kappa shape index (κ2) is 7.87. The van der Waals surface area contributed by atoms with Crippen LogP contribution in [-0.4, -0.2) is 29.9 Å². The fourth-order valence-corrected chi connectivity index (χ4v) is 3.77. The number of amides is 1. The number of nitrogens with one attached hydrogen (secondary N) is 1. The van der Waals surface area contributed by atoms with Crippen LogP contribution >= 0.6 is 12.4 Å². The van der Waals surface area contributed by atoms with Crippen LogP contribution in [0.15, 0.2) is 18.2 Å². The van der Waals surface area contributed by atoms with Crippen molar-refractivity contribution < 1.29 is 4.79 Å². The molecule has 1 fully saturated rings. The van der Waals surface area contributed by atoms with Gasteiger partial charge in [-0.25, -0.2) is 0 Å². The Morgan fingerprint density at radius 1 is 1.32 bits per heavy atom. The molecular formula is C18H27ClN2O. The van der Waals surface area contributed by atoms with Gasteiger partial charge >= 0.3 is 0 Å². The van der Waals surface area contributed by atoms with E-state index in [1.54, 1.807) is 0 Å². The predicted octanol–water partition coefficient (Wildman–Crippen LogP) is 4.26. The van der Waals surface area contributed by atoms with Gasteiger partial charge in [-0.15, -0.1) is 12.4 Å². The lowest BCUT2D eigenvalue weighted by atomic mass is 9.93. The Labute approximate surface area is 139 Å². The van der Waals surface area contributed by atoms with Crippen molar-refractivity contribution in [3.8, 4) is 0 Å². The molecule has 122 valence electrons. The molecule has 2 aliphatic heterocycles. The van der Waals surface area contributed by atoms with Crippen LogP contribution in [-0.2, 0) is 6.42 Å². The third-order valence-electron chi connectivity index (χ3n) is 4.84. The van der Waals surface area contributed by atoms with Crippen molar-refractivity contribution in [2.24, 2.45) is 0 Å². The maximum Gasteiger partial charge on any atom is 0.254 e. The Morgan fingerprint density at radius 3 is 3.00 bits per heavy atom. The Kier molecular flexibility index (Phi) is 6.13. The van der Waals surface area contributed by atoms with Crippen molar-refractivity contribution >= 4 is 24.0 Å². The molecule has 1 aromatic rings. The van der Waals surface area contributed by atoms with E-state index in [1.807, 2.05) is 12.1 Å². The quantitative estimate of drug-likeness (QED) is 0.901. The number of halogens is 1. The maximum absolute atomic E-state index is 13.1. The first-order valence-electron chi connectivity index (χ1n) is 8.48. The number of fused-ring (bicyclic) bond motifs is 1. The molecule has 1 amide bonds. The first kappa shape index (κ1) is 17.1. The molecule has 2 aliphatic rings. The van der Waals surface area contributed by atoms with Crippen molar-refractivity contribution in [1.82, 2.24) is 4.90 Å². The number of hydrogen-bond donors (Lipinski definition) is 1. The van der Waals surface area contributed by atoms with E-state index in [0.29, 0.717) is 6.04 Å². The van der Waals surface area contributed by atoms with Gasteiger partial charge in [-0.1, -0.05) is 19.4 Å². The van der Waals surface area contributed by atoms with Crippen LogP contribution in [0.5, 0.6) is 0 Å². The minimum absolute atomic E-state index is 0. The molecule has 0 aromatic heterocycles. The number of likely N-dealkylation sites (tertiary alicyclic amines) is 1. The SMILES string of the molecule is CCCC1CCCCN1C(=O)c1cccc2c1CCCN2.Cl. The summed E-state index contributed by atoms with van der Waals surface area (Å²) in [5, 5.41) is 3.43. The molecule has 0 saturated carbocycles. The van der Waals surface area contributed by atoms with Gasteiger partial charge in [0.1, 0.15) is 0 Å². The van der Waals surface area contributed by atoms with Gasteiger partial charge < -0.3 is 10.2 Å². The van der Waals surface area contributed by atoms with Crippen molar-refractivity contribution in [2.45, 2.75) is 57.9 Å². The van der Waals surface area contributed by atoms with E-state index in [4.69, 9.17) is 0 Å². The van der Waals surface area contributed by atoms with Crippen LogP contribution in [0.25, 0.3) is 0 Å². The van der Waals surface area contributed by atoms with E-state index < -0.39 is 0 Å². The van der Waals surface area contributed by atoms with Gasteiger partial charge in [-0.2, -0.15) is 0 Å². The smallest absolute Gasteiger partial charge is 0.254 e. The lowest BCUT2D eigenvalue weighted by Gasteiger charge is -2.36. The van der Waals surface area contributed by atoms with E-state index in [0.717, 1.165) is 56.4 Å². The minimum atomic E-state index is 0. The van der Waals surface area contributed by atoms with Crippen molar-refractivity contribution in [3.05, 3.63) is 29.3 Å². The zero-order valence-corrected chi connectivity index (χ0v) is 14.3. The molecule has 3 rings (SSSR count). The molecule has 22 heavy (non-hydrogen) atoms. The van der Waals surface area contributed by atoms with E-state index in [1.165, 1.54) is 18.4 Å².